The molecule has 0 spiro atoms. The number of aromatic nitrogens is 3. The smallest absolute Gasteiger partial charge is 0.231 e. The Morgan fingerprint density at radius 3 is 2.32 bits per heavy atom. The van der Waals surface area contributed by atoms with Crippen molar-refractivity contribution in [3.8, 4) is 0 Å². The minimum atomic E-state index is 0.375. The third-order valence-electron chi connectivity index (χ3n) is 6.65. The Hall–Kier alpha value is -2.49. The second kappa shape index (κ2) is 12.8. The molecule has 2 aromatic rings. The lowest BCUT2D eigenvalue weighted by atomic mass is 10.0. The number of hydrogen-bond acceptors (Lipinski definition) is 9. The van der Waals surface area contributed by atoms with E-state index in [-0.39, 0.29) is 0 Å². The lowest BCUT2D eigenvalue weighted by Gasteiger charge is -2.32. The molecule has 2 fully saturated rings. The van der Waals surface area contributed by atoms with Crippen LogP contribution in [0.3, 0.4) is 0 Å². The molecule has 0 atom stereocenters. The highest BCUT2D eigenvalue weighted by Gasteiger charge is 2.21. The molecule has 0 unspecified atom stereocenters. The van der Waals surface area contributed by atoms with E-state index in [1.165, 1.54) is 5.56 Å². The molecule has 2 N–H and O–H groups in total. The number of anilines is 3. The molecule has 0 amide bonds. The summed E-state index contributed by atoms with van der Waals surface area (Å²) in [5.41, 5.74) is 1.38. The van der Waals surface area contributed by atoms with Crippen molar-refractivity contribution in [2.75, 3.05) is 81.1 Å². The fraction of sp³-hybridized carbons (Fsp3) is 0.640. The second-order valence-corrected chi connectivity index (χ2v) is 9.02. The maximum absolute atomic E-state index is 5.44. The summed E-state index contributed by atoms with van der Waals surface area (Å²) in [6.45, 7) is 14.5. The van der Waals surface area contributed by atoms with Crippen molar-refractivity contribution in [1.29, 1.82) is 0 Å². The number of likely N-dealkylation sites (tertiary alicyclic amines) is 1. The Morgan fingerprint density at radius 1 is 0.912 bits per heavy atom. The number of piperidine rings is 1. The van der Waals surface area contributed by atoms with Crippen LogP contribution in [0.25, 0.3) is 0 Å². The molecule has 2 aliphatic heterocycles. The third-order valence-corrected chi connectivity index (χ3v) is 6.65. The maximum Gasteiger partial charge on any atom is 0.231 e. The molecular formula is C25H40N8O. The van der Waals surface area contributed by atoms with Crippen LogP contribution in [0.15, 0.2) is 30.3 Å². The molecule has 186 valence electrons. The van der Waals surface area contributed by atoms with Gasteiger partial charge in [0.1, 0.15) is 0 Å². The van der Waals surface area contributed by atoms with Crippen LogP contribution in [-0.2, 0) is 11.3 Å². The maximum atomic E-state index is 5.44. The van der Waals surface area contributed by atoms with E-state index < -0.39 is 0 Å². The van der Waals surface area contributed by atoms with Gasteiger partial charge in [-0.25, -0.2) is 0 Å². The Kier molecular flexibility index (Phi) is 9.29. The zero-order chi connectivity index (χ0) is 23.6. The number of nitrogens with zero attached hydrogens (tertiary/aromatic N) is 6. The van der Waals surface area contributed by atoms with Gasteiger partial charge in [0, 0.05) is 64.9 Å². The van der Waals surface area contributed by atoms with Crippen molar-refractivity contribution in [3.63, 3.8) is 0 Å². The lowest BCUT2D eigenvalue weighted by molar-refractivity contribution is 0.0398. The summed E-state index contributed by atoms with van der Waals surface area (Å²) in [5.74, 6) is 2.05. The van der Waals surface area contributed by atoms with Gasteiger partial charge in [0.05, 0.1) is 13.2 Å². The zero-order valence-corrected chi connectivity index (χ0v) is 20.7. The summed E-state index contributed by atoms with van der Waals surface area (Å²) < 4.78 is 5.44. The van der Waals surface area contributed by atoms with E-state index in [1.807, 2.05) is 0 Å². The summed E-state index contributed by atoms with van der Waals surface area (Å²) in [5, 5.41) is 7.03. The predicted molar refractivity (Wildman–Crippen MR) is 138 cm³/mol. The average Bonchev–Trinajstić information content (AvgIpc) is 2.87. The first-order chi connectivity index (χ1) is 16.7. The van der Waals surface area contributed by atoms with Crippen LogP contribution in [-0.4, -0.2) is 96.4 Å². The first-order valence-electron chi connectivity index (χ1n) is 12.8. The quantitative estimate of drug-likeness (QED) is 0.517. The highest BCUT2D eigenvalue weighted by atomic mass is 16.5. The molecule has 4 rings (SSSR count). The van der Waals surface area contributed by atoms with E-state index in [4.69, 9.17) is 19.7 Å². The predicted octanol–water partition coefficient (Wildman–Crippen LogP) is 2.54. The number of ether oxygens (including phenoxy) is 1. The first kappa shape index (κ1) is 24.6. The minimum absolute atomic E-state index is 0.375. The summed E-state index contributed by atoms with van der Waals surface area (Å²) >= 11 is 0. The van der Waals surface area contributed by atoms with Gasteiger partial charge in [-0.05, 0) is 32.3 Å². The largest absolute Gasteiger partial charge is 0.379 e. The van der Waals surface area contributed by atoms with Gasteiger partial charge in [-0.2, -0.15) is 15.0 Å². The molecular weight excluding hydrogens is 428 g/mol. The topological polar surface area (TPSA) is 81.7 Å². The van der Waals surface area contributed by atoms with E-state index in [2.05, 4.69) is 69.5 Å². The van der Waals surface area contributed by atoms with Crippen LogP contribution in [0.4, 0.5) is 17.8 Å². The second-order valence-electron chi connectivity index (χ2n) is 9.02. The SMILES string of the molecule is CCN(CC)c1nc(NCCN2CCOCC2)nc(NC2CCN(Cc3ccccc3)CC2)n1. The van der Waals surface area contributed by atoms with E-state index in [0.29, 0.717) is 17.9 Å². The van der Waals surface area contributed by atoms with Crippen LogP contribution in [0.5, 0.6) is 0 Å². The summed E-state index contributed by atoms with van der Waals surface area (Å²) in [6.07, 6.45) is 2.16. The van der Waals surface area contributed by atoms with Crippen LogP contribution in [0.2, 0.25) is 0 Å². The number of morpholine rings is 1. The molecule has 1 aromatic heterocycles. The van der Waals surface area contributed by atoms with Crippen LogP contribution < -0.4 is 15.5 Å². The zero-order valence-electron chi connectivity index (χ0n) is 20.7. The highest BCUT2D eigenvalue weighted by molar-refractivity contribution is 5.44. The fourth-order valence-electron chi connectivity index (χ4n) is 4.57. The number of rotatable bonds is 11. The molecule has 1 aromatic carbocycles. The van der Waals surface area contributed by atoms with Gasteiger partial charge in [-0.1, -0.05) is 30.3 Å². The molecule has 0 aliphatic carbocycles. The molecule has 9 nitrogen and oxygen atoms in total. The number of nitrogens with one attached hydrogen (secondary N) is 2. The Morgan fingerprint density at radius 2 is 1.62 bits per heavy atom. The lowest BCUT2D eigenvalue weighted by Crippen LogP contribution is -2.39. The standard InChI is InChI=1S/C25H40N8O/c1-3-33(4-2)25-29-23(26-12-15-31-16-18-34-19-17-31)28-24(30-25)27-22-10-13-32(14-11-22)20-21-8-6-5-7-9-21/h5-9,22H,3-4,10-20H2,1-2H3,(H2,26,27,28,29,30). The van der Waals surface area contributed by atoms with Crippen LogP contribution >= 0.6 is 0 Å². The fourth-order valence-corrected chi connectivity index (χ4v) is 4.57. The molecule has 0 saturated carbocycles. The molecule has 3 heterocycles. The van der Waals surface area contributed by atoms with E-state index in [9.17, 15) is 0 Å². The minimum Gasteiger partial charge on any atom is -0.379 e. The molecule has 9 heteroatoms. The van der Waals surface area contributed by atoms with Gasteiger partial charge in [0.25, 0.3) is 0 Å². The Balaban J connectivity index is 1.34. The van der Waals surface area contributed by atoms with E-state index in [1.54, 1.807) is 0 Å². The molecule has 0 bridgehead atoms. The normalized spacial score (nSPS) is 18.1. The van der Waals surface area contributed by atoms with E-state index in [0.717, 1.165) is 90.9 Å². The summed E-state index contributed by atoms with van der Waals surface area (Å²) in [7, 11) is 0. The Bertz CT molecular complexity index is 849. The molecule has 0 radical (unpaired) electrons. The van der Waals surface area contributed by atoms with Crippen molar-refractivity contribution in [2.45, 2.75) is 39.3 Å². The van der Waals surface area contributed by atoms with Gasteiger partial charge in [0.2, 0.25) is 17.8 Å². The van der Waals surface area contributed by atoms with Crippen molar-refractivity contribution in [2.24, 2.45) is 0 Å². The van der Waals surface area contributed by atoms with Gasteiger partial charge in [0.15, 0.2) is 0 Å². The molecule has 2 saturated heterocycles. The van der Waals surface area contributed by atoms with Crippen LogP contribution in [0, 0.1) is 0 Å². The van der Waals surface area contributed by atoms with Crippen molar-refractivity contribution in [1.82, 2.24) is 24.8 Å². The summed E-state index contributed by atoms with van der Waals surface area (Å²) in [6, 6.07) is 11.1. The van der Waals surface area contributed by atoms with Crippen molar-refractivity contribution >= 4 is 17.8 Å². The average molecular weight is 469 g/mol. The van der Waals surface area contributed by atoms with E-state index >= 15 is 0 Å². The van der Waals surface area contributed by atoms with Gasteiger partial charge >= 0.3 is 0 Å². The number of hydrogen-bond donors (Lipinski definition) is 2. The van der Waals surface area contributed by atoms with Crippen LogP contribution in [0.1, 0.15) is 32.3 Å². The van der Waals surface area contributed by atoms with Gasteiger partial charge in [-0.15, -0.1) is 0 Å². The van der Waals surface area contributed by atoms with Crippen molar-refractivity contribution < 1.29 is 4.74 Å². The number of benzene rings is 1. The van der Waals surface area contributed by atoms with Crippen molar-refractivity contribution in [3.05, 3.63) is 35.9 Å². The van der Waals surface area contributed by atoms with Gasteiger partial charge < -0.3 is 20.3 Å². The molecule has 2 aliphatic rings. The first-order valence-corrected chi connectivity index (χ1v) is 12.8. The monoisotopic (exact) mass is 468 g/mol. The summed E-state index contributed by atoms with van der Waals surface area (Å²) in [4.78, 5) is 21.3. The molecule has 34 heavy (non-hydrogen) atoms. The third kappa shape index (κ3) is 7.25. The Labute approximate surface area is 203 Å². The van der Waals surface area contributed by atoms with Gasteiger partial charge in [-0.3, -0.25) is 9.80 Å². The highest BCUT2D eigenvalue weighted by Crippen LogP contribution is 2.19.